The van der Waals surface area contributed by atoms with Crippen LogP contribution in [0, 0.1) is 0 Å². The van der Waals surface area contributed by atoms with E-state index in [1.807, 2.05) is 0 Å². The van der Waals surface area contributed by atoms with E-state index in [1.165, 1.54) is 6.42 Å². The quantitative estimate of drug-likeness (QED) is 0.836. The van der Waals surface area contributed by atoms with Gasteiger partial charge < -0.3 is 19.6 Å². The zero-order chi connectivity index (χ0) is 14.5. The molecular weight excluding hydrogens is 308 g/mol. The van der Waals surface area contributed by atoms with Crippen molar-refractivity contribution in [3.05, 3.63) is 24.3 Å². The summed E-state index contributed by atoms with van der Waals surface area (Å²) in [5.74, 6) is 1.41. The Balaban J connectivity index is 0.00000176. The van der Waals surface area contributed by atoms with Crippen LogP contribution in [0.2, 0.25) is 0 Å². The van der Waals surface area contributed by atoms with E-state index in [2.05, 4.69) is 20.8 Å². The first-order valence-corrected chi connectivity index (χ1v) is 7.18. The van der Waals surface area contributed by atoms with Crippen LogP contribution in [0.15, 0.2) is 27.3 Å². The van der Waals surface area contributed by atoms with Crippen LogP contribution < -0.4 is 10.6 Å². The van der Waals surface area contributed by atoms with Gasteiger partial charge in [0.2, 0.25) is 17.6 Å². The Morgan fingerprint density at radius 3 is 3.14 bits per heavy atom. The molecule has 1 fully saturated rings. The van der Waals surface area contributed by atoms with Crippen LogP contribution in [-0.2, 0) is 11.2 Å². The van der Waals surface area contributed by atoms with E-state index < -0.39 is 0 Å². The molecule has 22 heavy (non-hydrogen) atoms. The van der Waals surface area contributed by atoms with E-state index in [9.17, 15) is 4.79 Å². The summed E-state index contributed by atoms with van der Waals surface area (Å²) in [5.41, 5.74) is 0. The average molecular weight is 327 g/mol. The molecule has 0 spiro atoms. The molecule has 7 nitrogen and oxygen atoms in total. The van der Waals surface area contributed by atoms with Crippen LogP contribution >= 0.6 is 12.4 Å². The minimum Gasteiger partial charge on any atom is -0.461 e. The second-order valence-corrected chi connectivity index (χ2v) is 5.09. The van der Waals surface area contributed by atoms with Gasteiger partial charge in [-0.1, -0.05) is 5.16 Å². The molecule has 0 saturated carbocycles. The first kappa shape index (κ1) is 16.5. The summed E-state index contributed by atoms with van der Waals surface area (Å²) in [7, 11) is 0. The van der Waals surface area contributed by atoms with E-state index in [1.54, 1.807) is 18.4 Å². The molecule has 1 unspecified atom stereocenters. The van der Waals surface area contributed by atoms with Crippen LogP contribution in [0.5, 0.6) is 0 Å². The van der Waals surface area contributed by atoms with Crippen molar-refractivity contribution in [2.45, 2.75) is 31.7 Å². The molecule has 1 aliphatic rings. The second kappa shape index (κ2) is 7.95. The third kappa shape index (κ3) is 4.32. The van der Waals surface area contributed by atoms with Gasteiger partial charge in [-0.3, -0.25) is 4.79 Å². The number of rotatable bonds is 6. The standard InChI is InChI=1S/C14H18N4O3.ClH/c19-12(16-9-10-3-1-7-15-10)5-6-13-17-14(18-21-13)11-4-2-8-20-11;/h2,4,8,10,15H,1,3,5-7,9H2,(H,16,19);1H. The third-order valence-corrected chi connectivity index (χ3v) is 3.48. The summed E-state index contributed by atoms with van der Waals surface area (Å²) in [5, 5.41) is 10.1. The predicted octanol–water partition coefficient (Wildman–Crippen LogP) is 1.55. The van der Waals surface area contributed by atoms with Crippen molar-refractivity contribution >= 4 is 18.3 Å². The predicted molar refractivity (Wildman–Crippen MR) is 81.6 cm³/mol. The lowest BCUT2D eigenvalue weighted by Gasteiger charge is -2.10. The molecule has 3 heterocycles. The molecule has 2 aromatic rings. The molecule has 0 bridgehead atoms. The molecule has 1 atom stereocenters. The van der Waals surface area contributed by atoms with Gasteiger partial charge in [0.05, 0.1) is 6.26 Å². The van der Waals surface area contributed by atoms with Gasteiger partial charge in [0.15, 0.2) is 5.76 Å². The van der Waals surface area contributed by atoms with Gasteiger partial charge in [0.25, 0.3) is 0 Å². The molecule has 0 aromatic carbocycles. The average Bonchev–Trinajstić information content (AvgIpc) is 3.24. The molecule has 8 heteroatoms. The van der Waals surface area contributed by atoms with Crippen molar-refractivity contribution in [3.8, 4) is 11.6 Å². The lowest BCUT2D eigenvalue weighted by atomic mass is 10.2. The number of hydrogen-bond acceptors (Lipinski definition) is 6. The fourth-order valence-corrected chi connectivity index (χ4v) is 2.34. The Morgan fingerprint density at radius 1 is 1.50 bits per heavy atom. The maximum Gasteiger partial charge on any atom is 0.238 e. The number of carbonyl (C=O) groups is 1. The molecule has 2 N–H and O–H groups in total. The lowest BCUT2D eigenvalue weighted by Crippen LogP contribution is -2.37. The highest BCUT2D eigenvalue weighted by Crippen LogP contribution is 2.16. The molecule has 2 aromatic heterocycles. The minimum atomic E-state index is 0. The summed E-state index contributed by atoms with van der Waals surface area (Å²) in [6.07, 6.45) is 4.62. The fourth-order valence-electron chi connectivity index (χ4n) is 2.34. The molecule has 1 saturated heterocycles. The van der Waals surface area contributed by atoms with E-state index >= 15 is 0 Å². The molecule has 0 aliphatic carbocycles. The molecule has 1 amide bonds. The van der Waals surface area contributed by atoms with Gasteiger partial charge in [-0.2, -0.15) is 4.98 Å². The third-order valence-electron chi connectivity index (χ3n) is 3.48. The van der Waals surface area contributed by atoms with E-state index in [4.69, 9.17) is 8.94 Å². The zero-order valence-electron chi connectivity index (χ0n) is 12.1. The topological polar surface area (TPSA) is 93.2 Å². The Hall–Kier alpha value is -1.86. The summed E-state index contributed by atoms with van der Waals surface area (Å²) in [6, 6.07) is 3.93. The Bertz CT molecular complexity index is 579. The van der Waals surface area contributed by atoms with E-state index in [0.29, 0.717) is 42.9 Å². The van der Waals surface area contributed by atoms with Gasteiger partial charge in [0.1, 0.15) is 0 Å². The molecule has 0 radical (unpaired) electrons. The lowest BCUT2D eigenvalue weighted by molar-refractivity contribution is -0.121. The normalized spacial score (nSPS) is 17.2. The number of carbonyl (C=O) groups excluding carboxylic acids is 1. The second-order valence-electron chi connectivity index (χ2n) is 5.09. The Kier molecular flexibility index (Phi) is 5.97. The van der Waals surface area contributed by atoms with E-state index in [-0.39, 0.29) is 18.3 Å². The zero-order valence-corrected chi connectivity index (χ0v) is 12.9. The van der Waals surface area contributed by atoms with Crippen LogP contribution in [0.25, 0.3) is 11.6 Å². The van der Waals surface area contributed by atoms with Gasteiger partial charge in [-0.15, -0.1) is 12.4 Å². The number of hydrogen-bond donors (Lipinski definition) is 2. The Morgan fingerprint density at radius 2 is 2.41 bits per heavy atom. The maximum atomic E-state index is 11.8. The smallest absolute Gasteiger partial charge is 0.238 e. The van der Waals surface area contributed by atoms with Gasteiger partial charge in [0, 0.05) is 25.4 Å². The summed E-state index contributed by atoms with van der Waals surface area (Å²) in [6.45, 7) is 1.72. The number of nitrogens with one attached hydrogen (secondary N) is 2. The summed E-state index contributed by atoms with van der Waals surface area (Å²) in [4.78, 5) is 16.0. The highest BCUT2D eigenvalue weighted by Gasteiger charge is 2.15. The van der Waals surface area contributed by atoms with Crippen molar-refractivity contribution in [1.82, 2.24) is 20.8 Å². The van der Waals surface area contributed by atoms with Crippen molar-refractivity contribution in [3.63, 3.8) is 0 Å². The van der Waals surface area contributed by atoms with Crippen LogP contribution in [-0.4, -0.2) is 35.2 Å². The summed E-state index contributed by atoms with van der Waals surface area (Å²) >= 11 is 0. The SMILES string of the molecule is Cl.O=C(CCc1nc(-c2ccco2)no1)NCC1CCCN1. The first-order chi connectivity index (χ1) is 10.3. The van der Waals surface area contributed by atoms with Gasteiger partial charge >= 0.3 is 0 Å². The molecular formula is C14H19ClN4O3. The van der Waals surface area contributed by atoms with Gasteiger partial charge in [-0.25, -0.2) is 0 Å². The fraction of sp³-hybridized carbons (Fsp3) is 0.500. The van der Waals surface area contributed by atoms with Crippen molar-refractivity contribution in [2.24, 2.45) is 0 Å². The maximum absolute atomic E-state index is 11.8. The largest absolute Gasteiger partial charge is 0.461 e. The Labute approximate surface area is 134 Å². The first-order valence-electron chi connectivity index (χ1n) is 7.18. The monoisotopic (exact) mass is 326 g/mol. The number of nitrogens with zero attached hydrogens (tertiary/aromatic N) is 2. The summed E-state index contributed by atoms with van der Waals surface area (Å²) < 4.78 is 10.3. The highest BCUT2D eigenvalue weighted by molar-refractivity contribution is 5.85. The van der Waals surface area contributed by atoms with Crippen molar-refractivity contribution in [2.75, 3.05) is 13.1 Å². The number of furan rings is 1. The van der Waals surface area contributed by atoms with Gasteiger partial charge in [-0.05, 0) is 31.5 Å². The highest BCUT2D eigenvalue weighted by atomic mass is 35.5. The number of aryl methyl sites for hydroxylation is 1. The van der Waals surface area contributed by atoms with Crippen LogP contribution in [0.1, 0.15) is 25.2 Å². The van der Waals surface area contributed by atoms with Crippen LogP contribution in [0.4, 0.5) is 0 Å². The molecule has 1 aliphatic heterocycles. The van der Waals surface area contributed by atoms with Crippen LogP contribution in [0.3, 0.4) is 0 Å². The molecule has 120 valence electrons. The van der Waals surface area contributed by atoms with Crippen molar-refractivity contribution < 1.29 is 13.7 Å². The van der Waals surface area contributed by atoms with Crippen molar-refractivity contribution in [1.29, 1.82) is 0 Å². The molecule has 3 rings (SSSR count). The number of aromatic nitrogens is 2. The number of amides is 1. The van der Waals surface area contributed by atoms with E-state index in [0.717, 1.165) is 13.0 Å². The number of halogens is 1. The minimum absolute atomic E-state index is 0.